The molecule has 1 aromatic heterocycles. The van der Waals surface area contributed by atoms with Crippen LogP contribution >= 0.6 is 0 Å². The molecule has 0 aliphatic carbocycles. The van der Waals surface area contributed by atoms with Gasteiger partial charge in [-0.15, -0.1) is 0 Å². The molecule has 1 fully saturated rings. The zero-order valence-corrected chi connectivity index (χ0v) is 22.0. The van der Waals surface area contributed by atoms with E-state index in [0.717, 1.165) is 36.7 Å². The summed E-state index contributed by atoms with van der Waals surface area (Å²) < 4.78 is 27.2. The molecule has 2 aliphatic rings. The van der Waals surface area contributed by atoms with E-state index in [9.17, 15) is 10.1 Å². The average Bonchev–Trinajstić information content (AvgIpc) is 3.43. The van der Waals surface area contributed by atoms with Gasteiger partial charge >= 0.3 is 5.69 Å². The summed E-state index contributed by atoms with van der Waals surface area (Å²) in [6.07, 6.45) is 1.34. The Morgan fingerprint density at radius 1 is 0.974 bits per heavy atom. The summed E-state index contributed by atoms with van der Waals surface area (Å²) in [6, 6.07) is 9.39. The lowest BCUT2D eigenvalue weighted by molar-refractivity contribution is -0.383. The zero-order valence-electron chi connectivity index (χ0n) is 22.0. The maximum Gasteiger partial charge on any atom is 0.353 e. The van der Waals surface area contributed by atoms with E-state index in [4.69, 9.17) is 23.7 Å². The number of aromatic nitrogens is 2. The van der Waals surface area contributed by atoms with Gasteiger partial charge in [-0.05, 0) is 17.7 Å². The number of methoxy groups -OCH3 is 3. The first kappa shape index (κ1) is 26.1. The van der Waals surface area contributed by atoms with Gasteiger partial charge in [-0.2, -0.15) is 0 Å². The van der Waals surface area contributed by atoms with Crippen molar-refractivity contribution in [1.29, 1.82) is 0 Å². The van der Waals surface area contributed by atoms with Crippen LogP contribution in [0.4, 0.5) is 17.3 Å². The third kappa shape index (κ3) is 5.53. The van der Waals surface area contributed by atoms with Crippen molar-refractivity contribution in [3.63, 3.8) is 0 Å². The molecule has 0 atom stereocenters. The predicted octanol–water partition coefficient (Wildman–Crippen LogP) is 3.07. The second kappa shape index (κ2) is 11.5. The largest absolute Gasteiger partial charge is 0.496 e. The van der Waals surface area contributed by atoms with Crippen molar-refractivity contribution < 1.29 is 28.6 Å². The van der Waals surface area contributed by atoms with Crippen LogP contribution in [-0.2, 0) is 13.1 Å². The molecule has 0 spiro atoms. The summed E-state index contributed by atoms with van der Waals surface area (Å²) >= 11 is 0. The van der Waals surface area contributed by atoms with Crippen molar-refractivity contribution in [2.24, 2.45) is 0 Å². The minimum Gasteiger partial charge on any atom is -0.496 e. The van der Waals surface area contributed by atoms with Crippen LogP contribution < -0.4 is 33.9 Å². The second-order valence-corrected chi connectivity index (χ2v) is 8.97. The predicted molar refractivity (Wildman–Crippen MR) is 142 cm³/mol. The van der Waals surface area contributed by atoms with Crippen molar-refractivity contribution >= 4 is 17.3 Å². The molecule has 3 heterocycles. The van der Waals surface area contributed by atoms with Crippen LogP contribution in [0.2, 0.25) is 0 Å². The third-order valence-electron chi connectivity index (χ3n) is 6.75. The number of nitro groups is 1. The number of hydrogen-bond donors (Lipinski definition) is 1. The molecule has 1 N–H and O–H groups in total. The first-order valence-corrected chi connectivity index (χ1v) is 12.4. The highest BCUT2D eigenvalue weighted by atomic mass is 16.7. The van der Waals surface area contributed by atoms with Crippen molar-refractivity contribution in [3.8, 4) is 28.7 Å². The molecule has 0 bridgehead atoms. The Bertz CT molecular complexity index is 1320. The molecule has 1 saturated heterocycles. The van der Waals surface area contributed by atoms with Gasteiger partial charge in [0.25, 0.3) is 0 Å². The Kier molecular flexibility index (Phi) is 7.68. The standard InChI is InChI=1S/C26H30N6O7/c1-35-18-11-21(36-2)19(22(12-18)37-3)13-27-25-24(32(33)34)26(29-15-28-25)31-8-6-30(7-9-31)14-17-4-5-20-23(10-17)39-16-38-20/h4-5,10-12,15H,6-9,13-14,16H2,1-3H3,(H,27,28,29). The highest BCUT2D eigenvalue weighted by Crippen LogP contribution is 2.37. The molecule has 13 nitrogen and oxygen atoms in total. The molecule has 2 aromatic carbocycles. The zero-order chi connectivity index (χ0) is 27.4. The van der Waals surface area contributed by atoms with E-state index in [1.165, 1.54) is 20.5 Å². The number of anilines is 2. The highest BCUT2D eigenvalue weighted by molar-refractivity contribution is 5.70. The van der Waals surface area contributed by atoms with Crippen molar-refractivity contribution in [1.82, 2.24) is 14.9 Å². The molecule has 0 radical (unpaired) electrons. The minimum atomic E-state index is -0.445. The van der Waals surface area contributed by atoms with Crippen LogP contribution in [0.5, 0.6) is 28.7 Å². The fourth-order valence-electron chi connectivity index (χ4n) is 4.74. The second-order valence-electron chi connectivity index (χ2n) is 8.97. The maximum absolute atomic E-state index is 12.2. The Labute approximate surface area is 225 Å². The van der Waals surface area contributed by atoms with Crippen molar-refractivity contribution in [2.75, 3.05) is 64.5 Å². The van der Waals surface area contributed by atoms with Gasteiger partial charge in [0.05, 0.1) is 31.8 Å². The van der Waals surface area contributed by atoms with E-state index >= 15 is 0 Å². The van der Waals surface area contributed by atoms with Crippen molar-refractivity contribution in [3.05, 3.63) is 57.9 Å². The molecule has 0 amide bonds. The van der Waals surface area contributed by atoms with Gasteiger partial charge in [-0.3, -0.25) is 15.0 Å². The summed E-state index contributed by atoms with van der Waals surface area (Å²) in [5.74, 6) is 3.53. The Morgan fingerprint density at radius 2 is 1.69 bits per heavy atom. The summed E-state index contributed by atoms with van der Waals surface area (Å²) in [6.45, 7) is 3.78. The quantitative estimate of drug-likeness (QED) is 0.300. The Hall–Kier alpha value is -4.52. The molecular weight excluding hydrogens is 508 g/mol. The minimum absolute atomic E-state index is 0.118. The summed E-state index contributed by atoms with van der Waals surface area (Å²) in [5, 5.41) is 15.3. The number of fused-ring (bicyclic) bond motifs is 1. The molecule has 0 saturated carbocycles. The number of piperazine rings is 1. The molecule has 0 unspecified atom stereocenters. The average molecular weight is 539 g/mol. The molecule has 13 heteroatoms. The Balaban J connectivity index is 1.29. The van der Waals surface area contributed by atoms with Gasteiger partial charge in [0.1, 0.15) is 23.6 Å². The van der Waals surface area contributed by atoms with Crippen LogP contribution in [0.3, 0.4) is 0 Å². The molecule has 206 valence electrons. The molecular formula is C26H30N6O7. The maximum atomic E-state index is 12.2. The molecule has 39 heavy (non-hydrogen) atoms. The van der Waals surface area contributed by atoms with Crippen LogP contribution in [0.1, 0.15) is 11.1 Å². The lowest BCUT2D eigenvalue weighted by Crippen LogP contribution is -2.46. The number of nitrogens with zero attached hydrogens (tertiary/aromatic N) is 5. The normalized spacial score (nSPS) is 14.7. The van der Waals surface area contributed by atoms with Crippen LogP contribution in [0.25, 0.3) is 0 Å². The smallest absolute Gasteiger partial charge is 0.353 e. The number of hydrogen-bond acceptors (Lipinski definition) is 12. The fraction of sp³-hybridized carbons (Fsp3) is 0.385. The molecule has 5 rings (SSSR count). The summed E-state index contributed by atoms with van der Waals surface area (Å²) in [5.41, 5.74) is 1.62. The van der Waals surface area contributed by atoms with E-state index in [2.05, 4.69) is 20.2 Å². The topological polar surface area (TPSA) is 134 Å². The monoisotopic (exact) mass is 538 g/mol. The first-order valence-electron chi connectivity index (χ1n) is 12.4. The lowest BCUT2D eigenvalue weighted by Gasteiger charge is -2.35. The van der Waals surface area contributed by atoms with Crippen LogP contribution in [0.15, 0.2) is 36.7 Å². The Morgan fingerprint density at radius 3 is 2.36 bits per heavy atom. The SMILES string of the molecule is COc1cc(OC)c(CNc2ncnc(N3CCN(Cc4ccc5c(c4)OCO5)CC3)c2[N+](=O)[O-])c(OC)c1. The number of ether oxygens (including phenoxy) is 5. The summed E-state index contributed by atoms with van der Waals surface area (Å²) in [7, 11) is 4.62. The van der Waals surface area contributed by atoms with E-state index in [1.54, 1.807) is 19.2 Å². The lowest BCUT2D eigenvalue weighted by atomic mass is 10.1. The van der Waals surface area contributed by atoms with Gasteiger partial charge in [0.2, 0.25) is 18.4 Å². The van der Waals surface area contributed by atoms with E-state index in [-0.39, 0.29) is 30.7 Å². The van der Waals surface area contributed by atoms with Crippen LogP contribution in [-0.4, -0.2) is 74.1 Å². The van der Waals surface area contributed by atoms with Crippen LogP contribution in [0, 0.1) is 10.1 Å². The molecule has 2 aliphatic heterocycles. The van der Waals surface area contributed by atoms with E-state index in [0.29, 0.717) is 35.9 Å². The van der Waals surface area contributed by atoms with Gasteiger partial charge in [-0.1, -0.05) is 6.07 Å². The van der Waals surface area contributed by atoms with Gasteiger partial charge in [0.15, 0.2) is 11.5 Å². The fourth-order valence-corrected chi connectivity index (χ4v) is 4.74. The highest BCUT2D eigenvalue weighted by Gasteiger charge is 2.30. The number of nitrogens with one attached hydrogen (secondary N) is 1. The number of benzene rings is 2. The third-order valence-corrected chi connectivity index (χ3v) is 6.75. The van der Waals surface area contributed by atoms with Gasteiger partial charge in [-0.25, -0.2) is 9.97 Å². The summed E-state index contributed by atoms with van der Waals surface area (Å²) in [4.78, 5) is 24.4. The van der Waals surface area contributed by atoms with Crippen molar-refractivity contribution in [2.45, 2.75) is 13.1 Å². The molecule has 3 aromatic rings. The number of rotatable bonds is 10. The first-order chi connectivity index (χ1) is 19.0. The van der Waals surface area contributed by atoms with Gasteiger partial charge < -0.3 is 33.9 Å². The van der Waals surface area contributed by atoms with E-state index < -0.39 is 4.92 Å². The van der Waals surface area contributed by atoms with E-state index in [1.807, 2.05) is 23.1 Å². The van der Waals surface area contributed by atoms with Gasteiger partial charge in [0, 0.05) is 51.4 Å².